The van der Waals surface area contributed by atoms with Gasteiger partial charge in [-0.15, -0.1) is 0 Å². The summed E-state index contributed by atoms with van der Waals surface area (Å²) in [4.78, 5) is 2.41. The van der Waals surface area contributed by atoms with E-state index in [0.717, 1.165) is 52.1 Å². The summed E-state index contributed by atoms with van der Waals surface area (Å²) in [7, 11) is 0. The number of ether oxygens (including phenoxy) is 1. The fourth-order valence-corrected chi connectivity index (χ4v) is 2.01. The molecule has 0 saturated carbocycles. The molecule has 0 aliphatic carbocycles. The van der Waals surface area contributed by atoms with Crippen molar-refractivity contribution in [2.45, 2.75) is 32.6 Å². The van der Waals surface area contributed by atoms with Crippen LogP contribution in [-0.2, 0) is 4.74 Å². The minimum atomic E-state index is 0.317. The molecule has 0 aromatic heterocycles. The van der Waals surface area contributed by atoms with Crippen molar-refractivity contribution in [1.29, 1.82) is 5.41 Å². The number of nitrogens with one attached hydrogen (secondary N) is 1. The number of piperidine rings is 1. The molecule has 0 aromatic rings. The Kier molecular flexibility index (Phi) is 6.42. The third-order valence-corrected chi connectivity index (χ3v) is 3.22. The maximum absolute atomic E-state index is 7.40. The van der Waals surface area contributed by atoms with E-state index >= 15 is 0 Å². The van der Waals surface area contributed by atoms with Gasteiger partial charge in [-0.05, 0) is 32.4 Å². The number of unbranched alkanes of at least 4 members (excludes halogenated alkanes) is 1. The zero-order valence-electron chi connectivity index (χ0n) is 10.4. The zero-order chi connectivity index (χ0) is 11.8. The van der Waals surface area contributed by atoms with Crippen LogP contribution in [0.1, 0.15) is 32.6 Å². The Morgan fingerprint density at radius 2 is 2.06 bits per heavy atom. The topological polar surface area (TPSA) is 62.3 Å². The van der Waals surface area contributed by atoms with Crippen molar-refractivity contribution < 1.29 is 4.74 Å². The molecule has 1 aliphatic heterocycles. The standard InChI is InChI=1S/C12H25N3O/c1-2-3-9-16-10-8-15-6-4-11(5-7-15)12(13)14/h11H,2-10H2,1H3,(H3,13,14). The highest BCUT2D eigenvalue weighted by Gasteiger charge is 2.20. The summed E-state index contributed by atoms with van der Waals surface area (Å²) < 4.78 is 5.54. The van der Waals surface area contributed by atoms with Gasteiger partial charge in [0.15, 0.2) is 0 Å². The third-order valence-electron chi connectivity index (χ3n) is 3.22. The van der Waals surface area contributed by atoms with Crippen molar-refractivity contribution in [3.63, 3.8) is 0 Å². The second-order valence-corrected chi connectivity index (χ2v) is 4.54. The summed E-state index contributed by atoms with van der Waals surface area (Å²) in [6.45, 7) is 7.04. The lowest BCUT2D eigenvalue weighted by molar-refractivity contribution is 0.0913. The van der Waals surface area contributed by atoms with E-state index in [4.69, 9.17) is 15.9 Å². The first-order chi connectivity index (χ1) is 7.74. The molecular formula is C12H25N3O. The van der Waals surface area contributed by atoms with Gasteiger partial charge in [0.2, 0.25) is 0 Å². The molecule has 0 amide bonds. The molecule has 1 heterocycles. The Morgan fingerprint density at radius 3 is 2.62 bits per heavy atom. The van der Waals surface area contributed by atoms with E-state index in [0.29, 0.717) is 11.8 Å². The lowest BCUT2D eigenvalue weighted by atomic mass is 9.96. The van der Waals surface area contributed by atoms with Crippen molar-refractivity contribution in [1.82, 2.24) is 4.90 Å². The van der Waals surface area contributed by atoms with E-state index in [-0.39, 0.29) is 0 Å². The molecule has 0 unspecified atom stereocenters. The molecule has 0 bridgehead atoms. The van der Waals surface area contributed by atoms with E-state index in [1.54, 1.807) is 0 Å². The SMILES string of the molecule is CCCCOCCN1CCC(C(=N)N)CC1. The van der Waals surface area contributed by atoms with Gasteiger partial charge in [0.25, 0.3) is 0 Å². The van der Waals surface area contributed by atoms with Crippen LogP contribution in [0.3, 0.4) is 0 Å². The normalized spacial score (nSPS) is 18.8. The highest BCUT2D eigenvalue weighted by Crippen LogP contribution is 2.16. The van der Waals surface area contributed by atoms with Gasteiger partial charge in [0.05, 0.1) is 12.4 Å². The Hall–Kier alpha value is -0.610. The third kappa shape index (κ3) is 4.94. The molecule has 94 valence electrons. The maximum Gasteiger partial charge on any atom is 0.0937 e. The molecule has 1 aliphatic rings. The number of likely N-dealkylation sites (tertiary alicyclic amines) is 1. The average molecular weight is 227 g/mol. The first-order valence-corrected chi connectivity index (χ1v) is 6.38. The minimum Gasteiger partial charge on any atom is -0.387 e. The number of nitrogens with zero attached hydrogens (tertiary/aromatic N) is 1. The zero-order valence-corrected chi connectivity index (χ0v) is 10.4. The number of amidine groups is 1. The van der Waals surface area contributed by atoms with Crippen molar-refractivity contribution in [2.75, 3.05) is 32.8 Å². The van der Waals surface area contributed by atoms with E-state index in [1.807, 2.05) is 0 Å². The van der Waals surface area contributed by atoms with E-state index in [9.17, 15) is 0 Å². The van der Waals surface area contributed by atoms with Crippen LogP contribution in [0.15, 0.2) is 0 Å². The molecule has 1 fully saturated rings. The number of hydrogen-bond donors (Lipinski definition) is 2. The van der Waals surface area contributed by atoms with Crippen LogP contribution in [0.2, 0.25) is 0 Å². The maximum atomic E-state index is 7.40. The molecule has 4 heteroatoms. The first kappa shape index (κ1) is 13.5. The molecular weight excluding hydrogens is 202 g/mol. The van der Waals surface area contributed by atoms with Gasteiger partial charge in [0, 0.05) is 19.1 Å². The molecule has 3 N–H and O–H groups in total. The lowest BCUT2D eigenvalue weighted by Gasteiger charge is -2.31. The van der Waals surface area contributed by atoms with Gasteiger partial charge in [-0.3, -0.25) is 5.41 Å². The van der Waals surface area contributed by atoms with Gasteiger partial charge in [-0.1, -0.05) is 13.3 Å². The van der Waals surface area contributed by atoms with Crippen LogP contribution in [0, 0.1) is 11.3 Å². The van der Waals surface area contributed by atoms with E-state index in [1.165, 1.54) is 6.42 Å². The van der Waals surface area contributed by atoms with Gasteiger partial charge in [0.1, 0.15) is 0 Å². The summed E-state index contributed by atoms with van der Waals surface area (Å²) in [5, 5.41) is 7.40. The molecule has 1 rings (SSSR count). The Labute approximate surface area is 98.6 Å². The predicted octanol–water partition coefficient (Wildman–Crippen LogP) is 1.45. The summed E-state index contributed by atoms with van der Waals surface area (Å²) in [5.74, 6) is 0.677. The number of hydrogen-bond acceptors (Lipinski definition) is 3. The molecule has 1 saturated heterocycles. The first-order valence-electron chi connectivity index (χ1n) is 6.38. The van der Waals surface area contributed by atoms with Crippen LogP contribution >= 0.6 is 0 Å². The van der Waals surface area contributed by atoms with E-state index in [2.05, 4.69) is 11.8 Å². The molecule has 16 heavy (non-hydrogen) atoms. The van der Waals surface area contributed by atoms with Crippen molar-refractivity contribution in [3.05, 3.63) is 0 Å². The van der Waals surface area contributed by atoms with Crippen molar-refractivity contribution in [3.8, 4) is 0 Å². The van der Waals surface area contributed by atoms with Crippen molar-refractivity contribution >= 4 is 5.84 Å². The van der Waals surface area contributed by atoms with Crippen LogP contribution < -0.4 is 5.73 Å². The highest BCUT2D eigenvalue weighted by molar-refractivity contribution is 5.79. The lowest BCUT2D eigenvalue weighted by Crippen LogP contribution is -2.39. The molecule has 0 radical (unpaired) electrons. The van der Waals surface area contributed by atoms with Crippen LogP contribution in [0.25, 0.3) is 0 Å². The Bertz CT molecular complexity index is 200. The van der Waals surface area contributed by atoms with Gasteiger partial charge in [-0.25, -0.2) is 0 Å². The van der Waals surface area contributed by atoms with Gasteiger partial charge < -0.3 is 15.4 Å². The molecule has 0 atom stereocenters. The second kappa shape index (κ2) is 7.63. The monoisotopic (exact) mass is 227 g/mol. The summed E-state index contributed by atoms with van der Waals surface area (Å²) in [6, 6.07) is 0. The summed E-state index contributed by atoms with van der Waals surface area (Å²) in [5.41, 5.74) is 5.51. The largest absolute Gasteiger partial charge is 0.387 e. The quantitative estimate of drug-likeness (QED) is 0.393. The Morgan fingerprint density at radius 1 is 1.38 bits per heavy atom. The number of rotatable bonds is 7. The molecule has 0 spiro atoms. The van der Waals surface area contributed by atoms with Crippen LogP contribution in [0.5, 0.6) is 0 Å². The average Bonchev–Trinajstić information content (AvgIpc) is 2.29. The minimum absolute atomic E-state index is 0.317. The smallest absolute Gasteiger partial charge is 0.0937 e. The van der Waals surface area contributed by atoms with Crippen LogP contribution in [-0.4, -0.2) is 43.6 Å². The predicted molar refractivity (Wildman–Crippen MR) is 66.8 cm³/mol. The number of nitrogens with two attached hydrogens (primary N) is 1. The fourth-order valence-electron chi connectivity index (χ4n) is 2.01. The van der Waals surface area contributed by atoms with Gasteiger partial charge in [-0.2, -0.15) is 0 Å². The van der Waals surface area contributed by atoms with E-state index < -0.39 is 0 Å². The summed E-state index contributed by atoms with van der Waals surface area (Å²) >= 11 is 0. The molecule has 0 aromatic carbocycles. The molecule has 4 nitrogen and oxygen atoms in total. The van der Waals surface area contributed by atoms with Crippen molar-refractivity contribution in [2.24, 2.45) is 11.7 Å². The second-order valence-electron chi connectivity index (χ2n) is 4.54. The fraction of sp³-hybridized carbons (Fsp3) is 0.917. The van der Waals surface area contributed by atoms with Gasteiger partial charge >= 0.3 is 0 Å². The Balaban J connectivity index is 2.02. The highest BCUT2D eigenvalue weighted by atomic mass is 16.5. The van der Waals surface area contributed by atoms with Crippen LogP contribution in [0.4, 0.5) is 0 Å². The summed E-state index contributed by atoms with van der Waals surface area (Å²) in [6.07, 6.45) is 4.42.